The average molecular weight is 296 g/mol. The molecule has 1 aromatic carbocycles. The molecule has 0 spiro atoms. The van der Waals surface area contributed by atoms with E-state index >= 15 is 0 Å². The fourth-order valence-electron chi connectivity index (χ4n) is 1.59. The number of nitrogens with one attached hydrogen (secondary N) is 1. The van der Waals surface area contributed by atoms with E-state index in [0.717, 1.165) is 0 Å². The molecule has 3 N–H and O–H groups in total. The Kier molecular flexibility index (Phi) is 5.35. The Morgan fingerprint density at radius 1 is 1.29 bits per heavy atom. The summed E-state index contributed by atoms with van der Waals surface area (Å²) in [5, 5.41) is 30.0. The van der Waals surface area contributed by atoms with E-state index in [0.29, 0.717) is 5.56 Å². The van der Waals surface area contributed by atoms with Gasteiger partial charge in [-0.15, -0.1) is 0 Å². The molecular weight excluding hydrogens is 284 g/mol. The molecule has 0 aliphatic carbocycles. The van der Waals surface area contributed by atoms with Crippen molar-refractivity contribution in [3.8, 4) is 0 Å². The van der Waals surface area contributed by atoms with Gasteiger partial charge in [0.1, 0.15) is 6.04 Å². The van der Waals surface area contributed by atoms with Gasteiger partial charge in [-0.05, 0) is 5.56 Å². The lowest BCUT2D eigenvalue weighted by Crippen LogP contribution is -2.42. The number of non-ortho nitro benzene ring substituents is 1. The van der Waals surface area contributed by atoms with Crippen molar-refractivity contribution in [2.75, 3.05) is 0 Å². The summed E-state index contributed by atoms with van der Waals surface area (Å²) < 4.78 is 0. The Hall–Kier alpha value is -2.97. The Bertz CT molecular complexity index is 585. The number of rotatable bonds is 7. The first kappa shape index (κ1) is 16.1. The van der Waals surface area contributed by atoms with Crippen molar-refractivity contribution in [1.82, 2.24) is 5.32 Å². The fraction of sp³-hybridized carbons (Fsp3) is 0.250. The number of carboxylic acids is 2. The van der Waals surface area contributed by atoms with Crippen LogP contribution in [0.15, 0.2) is 24.3 Å². The molecule has 0 aliphatic rings. The molecule has 0 aliphatic heterocycles. The molecule has 0 bridgehead atoms. The zero-order valence-corrected chi connectivity index (χ0v) is 10.7. The van der Waals surface area contributed by atoms with Gasteiger partial charge in [0.15, 0.2) is 0 Å². The summed E-state index contributed by atoms with van der Waals surface area (Å²) in [6.07, 6.45) is -1.04. The van der Waals surface area contributed by atoms with Gasteiger partial charge in [0.25, 0.3) is 5.69 Å². The molecule has 0 saturated carbocycles. The maximum atomic E-state index is 11.7. The number of nitro groups is 1. The minimum atomic E-state index is -1.55. The molecule has 1 rings (SSSR count). The maximum Gasteiger partial charge on any atom is 0.326 e. The van der Waals surface area contributed by atoms with Crippen LogP contribution in [0.4, 0.5) is 5.69 Å². The lowest BCUT2D eigenvalue weighted by atomic mass is 10.1. The molecule has 0 aromatic heterocycles. The normalized spacial score (nSPS) is 11.4. The number of aliphatic carboxylic acids is 2. The van der Waals surface area contributed by atoms with E-state index in [4.69, 9.17) is 10.2 Å². The van der Waals surface area contributed by atoms with Crippen LogP contribution in [0, 0.1) is 10.1 Å². The number of amides is 1. The predicted molar refractivity (Wildman–Crippen MR) is 68.6 cm³/mol. The van der Waals surface area contributed by atoms with Crippen LogP contribution in [0.5, 0.6) is 0 Å². The molecule has 1 amide bonds. The molecule has 0 fully saturated rings. The minimum Gasteiger partial charge on any atom is -0.481 e. The van der Waals surface area contributed by atoms with Gasteiger partial charge in [0.2, 0.25) is 5.91 Å². The lowest BCUT2D eigenvalue weighted by Gasteiger charge is -2.12. The summed E-state index contributed by atoms with van der Waals surface area (Å²) in [4.78, 5) is 42.9. The van der Waals surface area contributed by atoms with Crippen LogP contribution >= 0.6 is 0 Å². The molecule has 9 heteroatoms. The standard InChI is InChI=1S/C12H12N2O7/c15-10(13-9(12(18)19)6-11(16)17)5-7-2-1-3-8(4-7)14(20)21/h1-4,9H,5-6H2,(H,13,15)(H,16,17)(H,18,19). The van der Waals surface area contributed by atoms with Crippen molar-refractivity contribution < 1.29 is 29.5 Å². The van der Waals surface area contributed by atoms with E-state index in [1.165, 1.54) is 24.3 Å². The third-order valence-electron chi connectivity index (χ3n) is 2.50. The Balaban J connectivity index is 2.72. The van der Waals surface area contributed by atoms with Crippen molar-refractivity contribution in [3.05, 3.63) is 39.9 Å². The topological polar surface area (TPSA) is 147 Å². The van der Waals surface area contributed by atoms with Crippen LogP contribution in [-0.4, -0.2) is 39.0 Å². The number of nitro benzene ring substituents is 1. The highest BCUT2D eigenvalue weighted by Gasteiger charge is 2.23. The molecule has 0 saturated heterocycles. The molecular formula is C12H12N2O7. The summed E-state index contributed by atoms with van der Waals surface area (Å²) in [5.41, 5.74) is 0.127. The van der Waals surface area contributed by atoms with Crippen molar-refractivity contribution in [2.45, 2.75) is 18.9 Å². The second-order valence-corrected chi connectivity index (χ2v) is 4.16. The number of hydrogen-bond donors (Lipinski definition) is 3. The second kappa shape index (κ2) is 6.98. The lowest BCUT2D eigenvalue weighted by molar-refractivity contribution is -0.384. The van der Waals surface area contributed by atoms with Gasteiger partial charge in [-0.3, -0.25) is 19.7 Å². The minimum absolute atomic E-state index is 0.194. The molecule has 9 nitrogen and oxygen atoms in total. The third-order valence-corrected chi connectivity index (χ3v) is 2.50. The van der Waals surface area contributed by atoms with Gasteiger partial charge in [0.05, 0.1) is 17.8 Å². The monoisotopic (exact) mass is 296 g/mol. The van der Waals surface area contributed by atoms with E-state index < -0.39 is 35.2 Å². The fourth-order valence-corrected chi connectivity index (χ4v) is 1.59. The second-order valence-electron chi connectivity index (χ2n) is 4.16. The van der Waals surface area contributed by atoms with Crippen LogP contribution in [0.1, 0.15) is 12.0 Å². The molecule has 112 valence electrons. The van der Waals surface area contributed by atoms with E-state index in [1.807, 2.05) is 0 Å². The van der Waals surface area contributed by atoms with Gasteiger partial charge < -0.3 is 15.5 Å². The third kappa shape index (κ3) is 5.27. The van der Waals surface area contributed by atoms with Crippen LogP contribution < -0.4 is 5.32 Å². The van der Waals surface area contributed by atoms with Crippen molar-refractivity contribution in [1.29, 1.82) is 0 Å². The predicted octanol–water partition coefficient (Wildman–Crippen LogP) is 0.181. The molecule has 1 aromatic rings. The largest absolute Gasteiger partial charge is 0.481 e. The summed E-state index contributed by atoms with van der Waals surface area (Å²) in [6.45, 7) is 0. The van der Waals surface area contributed by atoms with Crippen LogP contribution in [-0.2, 0) is 20.8 Å². The van der Waals surface area contributed by atoms with Gasteiger partial charge in [-0.2, -0.15) is 0 Å². The van der Waals surface area contributed by atoms with E-state index in [1.54, 1.807) is 0 Å². The smallest absolute Gasteiger partial charge is 0.326 e. The molecule has 1 unspecified atom stereocenters. The van der Waals surface area contributed by atoms with Crippen molar-refractivity contribution in [2.24, 2.45) is 0 Å². The number of carboxylic acid groups (broad SMARTS) is 2. The first-order valence-corrected chi connectivity index (χ1v) is 5.77. The van der Waals surface area contributed by atoms with E-state index in [9.17, 15) is 24.5 Å². The Morgan fingerprint density at radius 3 is 2.48 bits per heavy atom. The van der Waals surface area contributed by atoms with Crippen molar-refractivity contribution in [3.63, 3.8) is 0 Å². The zero-order chi connectivity index (χ0) is 16.0. The van der Waals surface area contributed by atoms with Crippen LogP contribution in [0.3, 0.4) is 0 Å². The molecule has 21 heavy (non-hydrogen) atoms. The number of hydrogen-bond acceptors (Lipinski definition) is 5. The zero-order valence-electron chi connectivity index (χ0n) is 10.7. The molecule has 1 atom stereocenters. The Labute approximate surface area is 118 Å². The summed E-state index contributed by atoms with van der Waals surface area (Å²) in [6, 6.07) is 3.76. The first-order valence-electron chi connectivity index (χ1n) is 5.77. The van der Waals surface area contributed by atoms with Crippen molar-refractivity contribution >= 4 is 23.5 Å². The highest BCUT2D eigenvalue weighted by atomic mass is 16.6. The highest BCUT2D eigenvalue weighted by Crippen LogP contribution is 2.13. The Morgan fingerprint density at radius 2 is 1.95 bits per heavy atom. The number of carbonyl (C=O) groups excluding carboxylic acids is 1. The maximum absolute atomic E-state index is 11.7. The molecule has 0 heterocycles. The number of nitrogens with zero attached hydrogens (tertiary/aromatic N) is 1. The summed E-state index contributed by atoms with van der Waals surface area (Å²) in [5.74, 6) is -3.56. The molecule has 0 radical (unpaired) electrons. The van der Waals surface area contributed by atoms with Gasteiger partial charge in [0, 0.05) is 12.1 Å². The van der Waals surface area contributed by atoms with Gasteiger partial charge in [-0.1, -0.05) is 12.1 Å². The average Bonchev–Trinajstić information content (AvgIpc) is 2.37. The summed E-state index contributed by atoms with van der Waals surface area (Å²) >= 11 is 0. The van der Waals surface area contributed by atoms with Gasteiger partial charge >= 0.3 is 11.9 Å². The van der Waals surface area contributed by atoms with E-state index in [2.05, 4.69) is 5.32 Å². The highest BCUT2D eigenvalue weighted by molar-refractivity contribution is 5.87. The number of carbonyl (C=O) groups is 3. The quantitative estimate of drug-likeness (QED) is 0.480. The van der Waals surface area contributed by atoms with E-state index in [-0.39, 0.29) is 12.1 Å². The van der Waals surface area contributed by atoms with Crippen LogP contribution in [0.2, 0.25) is 0 Å². The SMILES string of the molecule is O=C(O)CC(NC(=O)Cc1cccc([N+](=O)[O-])c1)C(=O)O. The first-order chi connectivity index (χ1) is 9.79. The van der Waals surface area contributed by atoms with Gasteiger partial charge in [-0.25, -0.2) is 4.79 Å². The number of benzene rings is 1. The summed E-state index contributed by atoms with van der Waals surface area (Å²) in [7, 11) is 0. The van der Waals surface area contributed by atoms with Crippen LogP contribution in [0.25, 0.3) is 0 Å².